The highest BCUT2D eigenvalue weighted by atomic mass is 16.5. The van der Waals surface area contributed by atoms with E-state index in [2.05, 4.69) is 0 Å². The first-order chi connectivity index (χ1) is 14.5. The average Bonchev–Trinajstić information content (AvgIpc) is 3.05. The predicted molar refractivity (Wildman–Crippen MR) is 116 cm³/mol. The molecule has 30 heavy (non-hydrogen) atoms. The molecule has 3 rings (SSSR count). The molecule has 0 saturated heterocycles. The number of benzene rings is 2. The normalized spacial score (nSPS) is 11.1. The van der Waals surface area contributed by atoms with E-state index < -0.39 is 0 Å². The van der Waals surface area contributed by atoms with Crippen molar-refractivity contribution in [3.05, 3.63) is 94.3 Å². The Labute approximate surface area is 175 Å². The second-order valence-electron chi connectivity index (χ2n) is 6.79. The van der Waals surface area contributed by atoms with E-state index in [0.29, 0.717) is 17.7 Å². The van der Waals surface area contributed by atoms with Crippen molar-refractivity contribution in [2.75, 3.05) is 6.61 Å². The van der Waals surface area contributed by atoms with E-state index in [1.54, 1.807) is 49.4 Å². The van der Waals surface area contributed by atoms with Gasteiger partial charge in [-0.05, 0) is 62.7 Å². The van der Waals surface area contributed by atoms with E-state index in [9.17, 15) is 14.9 Å². The van der Waals surface area contributed by atoms with Crippen LogP contribution in [0.15, 0.2) is 66.2 Å². The fourth-order valence-electron chi connectivity index (χ4n) is 3.34. The fourth-order valence-corrected chi connectivity index (χ4v) is 3.34. The minimum absolute atomic E-state index is 0.0825. The van der Waals surface area contributed by atoms with Crippen molar-refractivity contribution in [3.8, 4) is 11.8 Å². The summed E-state index contributed by atoms with van der Waals surface area (Å²) in [4.78, 5) is 24.5. The van der Waals surface area contributed by atoms with Crippen LogP contribution >= 0.6 is 0 Å². The number of carbonyl (C=O) groups is 2. The van der Waals surface area contributed by atoms with Crippen molar-refractivity contribution < 1.29 is 14.3 Å². The molecule has 0 fully saturated rings. The van der Waals surface area contributed by atoms with Crippen LogP contribution in [0.5, 0.6) is 0 Å². The maximum Gasteiger partial charge on any atom is 0.338 e. The zero-order valence-corrected chi connectivity index (χ0v) is 17.2. The number of hydrogen-bond donors (Lipinski definition) is 0. The topological polar surface area (TPSA) is 72.1 Å². The van der Waals surface area contributed by atoms with Gasteiger partial charge in [-0.15, -0.1) is 0 Å². The van der Waals surface area contributed by atoms with Gasteiger partial charge in [-0.25, -0.2) is 4.79 Å². The number of rotatable bonds is 6. The lowest BCUT2D eigenvalue weighted by Crippen LogP contribution is -2.05. The van der Waals surface area contributed by atoms with E-state index in [0.717, 1.165) is 22.6 Å². The number of Topliss-reactive ketones (excluding diaryl/α,β-unsaturated/α-hetero) is 1. The summed E-state index contributed by atoms with van der Waals surface area (Å²) in [6.45, 7) is 5.98. The third kappa shape index (κ3) is 4.23. The molecule has 3 aromatic rings. The predicted octanol–water partition coefficient (Wildman–Crippen LogP) is 5.06. The maximum absolute atomic E-state index is 12.7. The van der Waals surface area contributed by atoms with Crippen LogP contribution in [0.1, 0.15) is 44.6 Å². The Bertz CT molecular complexity index is 1150. The van der Waals surface area contributed by atoms with Crippen LogP contribution in [-0.4, -0.2) is 22.9 Å². The smallest absolute Gasteiger partial charge is 0.338 e. The van der Waals surface area contributed by atoms with Crippen molar-refractivity contribution >= 4 is 17.8 Å². The first-order valence-electron chi connectivity index (χ1n) is 9.64. The molecule has 5 nitrogen and oxygen atoms in total. The summed E-state index contributed by atoms with van der Waals surface area (Å²) in [5.74, 6) is -0.659. The SMILES string of the molecule is CCOC(=O)c1ccc(-n2c(C)cc(C=C(C#N)C(=O)c3ccccc3)c2C)cc1. The van der Waals surface area contributed by atoms with Crippen LogP contribution in [0.4, 0.5) is 0 Å². The molecule has 0 aliphatic carbocycles. The zero-order valence-electron chi connectivity index (χ0n) is 17.2. The zero-order chi connectivity index (χ0) is 21.7. The van der Waals surface area contributed by atoms with Crippen LogP contribution < -0.4 is 0 Å². The van der Waals surface area contributed by atoms with E-state index in [1.807, 2.05) is 48.7 Å². The van der Waals surface area contributed by atoms with Crippen LogP contribution in [0.3, 0.4) is 0 Å². The van der Waals surface area contributed by atoms with E-state index in [4.69, 9.17) is 4.74 Å². The summed E-state index contributed by atoms with van der Waals surface area (Å²) in [6, 6.07) is 19.9. The number of allylic oxidation sites excluding steroid dienone is 1. The second-order valence-corrected chi connectivity index (χ2v) is 6.79. The van der Waals surface area contributed by atoms with Gasteiger partial charge in [0, 0.05) is 22.6 Å². The van der Waals surface area contributed by atoms with Gasteiger partial charge in [-0.1, -0.05) is 30.3 Å². The third-order valence-electron chi connectivity index (χ3n) is 4.81. The summed E-state index contributed by atoms with van der Waals surface area (Å²) in [5.41, 5.74) is 4.57. The molecule has 0 aliphatic rings. The Balaban J connectivity index is 1.95. The molecule has 1 heterocycles. The molecule has 1 aromatic heterocycles. The molecule has 0 N–H and O–H groups in total. The van der Waals surface area contributed by atoms with Gasteiger partial charge in [0.25, 0.3) is 0 Å². The molecule has 0 atom stereocenters. The summed E-state index contributed by atoms with van der Waals surface area (Å²) in [7, 11) is 0. The lowest BCUT2D eigenvalue weighted by Gasteiger charge is -2.10. The van der Waals surface area contributed by atoms with Crippen LogP contribution in [0, 0.1) is 25.2 Å². The van der Waals surface area contributed by atoms with E-state index in [1.165, 1.54) is 0 Å². The van der Waals surface area contributed by atoms with Gasteiger partial charge in [0.15, 0.2) is 0 Å². The average molecular weight is 398 g/mol. The van der Waals surface area contributed by atoms with Gasteiger partial charge in [-0.3, -0.25) is 4.79 Å². The van der Waals surface area contributed by atoms with Crippen LogP contribution in [-0.2, 0) is 4.74 Å². The molecule has 0 aliphatic heterocycles. The first-order valence-corrected chi connectivity index (χ1v) is 9.64. The van der Waals surface area contributed by atoms with Gasteiger partial charge in [-0.2, -0.15) is 5.26 Å². The number of hydrogen-bond acceptors (Lipinski definition) is 4. The molecule has 0 amide bonds. The van der Waals surface area contributed by atoms with Gasteiger partial charge in [0.2, 0.25) is 5.78 Å². The Kier molecular flexibility index (Phi) is 6.29. The molecular formula is C25H22N2O3. The highest BCUT2D eigenvalue weighted by molar-refractivity contribution is 6.14. The van der Waals surface area contributed by atoms with Crippen LogP contribution in [0.2, 0.25) is 0 Å². The highest BCUT2D eigenvalue weighted by Gasteiger charge is 2.15. The number of nitriles is 1. The Morgan fingerprint density at radius 3 is 2.30 bits per heavy atom. The van der Waals surface area contributed by atoms with Crippen molar-refractivity contribution in [2.45, 2.75) is 20.8 Å². The number of nitrogens with zero attached hydrogens (tertiary/aromatic N) is 2. The quantitative estimate of drug-likeness (QED) is 0.252. The molecule has 0 bridgehead atoms. The Hall–Kier alpha value is -3.91. The first kappa shape index (κ1) is 20.8. The molecule has 5 heteroatoms. The molecule has 2 aromatic carbocycles. The van der Waals surface area contributed by atoms with Crippen molar-refractivity contribution in [2.24, 2.45) is 0 Å². The Morgan fingerprint density at radius 2 is 1.70 bits per heavy atom. The minimum atomic E-state index is -0.355. The molecule has 0 radical (unpaired) electrons. The van der Waals surface area contributed by atoms with Gasteiger partial charge in [0.05, 0.1) is 12.2 Å². The number of aromatic nitrogens is 1. The number of carbonyl (C=O) groups excluding carboxylic acids is 2. The lowest BCUT2D eigenvalue weighted by molar-refractivity contribution is 0.0526. The molecule has 0 unspecified atom stereocenters. The number of esters is 1. The van der Waals surface area contributed by atoms with E-state index in [-0.39, 0.29) is 17.3 Å². The van der Waals surface area contributed by atoms with Crippen molar-refractivity contribution in [1.82, 2.24) is 4.57 Å². The van der Waals surface area contributed by atoms with Crippen LogP contribution in [0.25, 0.3) is 11.8 Å². The molecule has 150 valence electrons. The van der Waals surface area contributed by atoms with E-state index >= 15 is 0 Å². The third-order valence-corrected chi connectivity index (χ3v) is 4.81. The molecule has 0 saturated carbocycles. The lowest BCUT2D eigenvalue weighted by atomic mass is 10.0. The monoisotopic (exact) mass is 398 g/mol. The summed E-state index contributed by atoms with van der Waals surface area (Å²) < 4.78 is 7.04. The number of ether oxygens (including phenoxy) is 1. The van der Waals surface area contributed by atoms with Crippen molar-refractivity contribution in [1.29, 1.82) is 5.26 Å². The molecular weight excluding hydrogens is 376 g/mol. The fraction of sp³-hybridized carbons (Fsp3) is 0.160. The minimum Gasteiger partial charge on any atom is -0.462 e. The standard InChI is InChI=1S/C25H22N2O3/c1-4-30-25(29)20-10-12-23(13-11-20)27-17(2)14-21(18(27)3)15-22(16-26)24(28)19-8-6-5-7-9-19/h5-15H,4H2,1-3H3. The van der Waals surface area contributed by atoms with Crippen molar-refractivity contribution in [3.63, 3.8) is 0 Å². The number of ketones is 1. The second kappa shape index (κ2) is 9.06. The summed E-state index contributed by atoms with van der Waals surface area (Å²) >= 11 is 0. The van der Waals surface area contributed by atoms with Gasteiger partial charge < -0.3 is 9.30 Å². The number of aryl methyl sites for hydroxylation is 1. The largest absolute Gasteiger partial charge is 0.462 e. The Morgan fingerprint density at radius 1 is 1.03 bits per heavy atom. The summed E-state index contributed by atoms with van der Waals surface area (Å²) in [5, 5.41) is 9.54. The molecule has 0 spiro atoms. The van der Waals surface area contributed by atoms with Gasteiger partial charge >= 0.3 is 5.97 Å². The maximum atomic E-state index is 12.7. The van der Waals surface area contributed by atoms with Gasteiger partial charge in [0.1, 0.15) is 11.6 Å². The summed E-state index contributed by atoms with van der Waals surface area (Å²) in [6.07, 6.45) is 1.63. The highest BCUT2D eigenvalue weighted by Crippen LogP contribution is 2.24.